The molecule has 0 aromatic heterocycles. The van der Waals surface area contributed by atoms with Gasteiger partial charge in [-0.05, 0) is 68.3 Å². The predicted molar refractivity (Wildman–Crippen MR) is 103 cm³/mol. The molecule has 2 aliphatic rings. The summed E-state index contributed by atoms with van der Waals surface area (Å²) < 4.78 is 5.23. The summed E-state index contributed by atoms with van der Waals surface area (Å²) in [6, 6.07) is 8.43. The van der Waals surface area contributed by atoms with Gasteiger partial charge in [0.15, 0.2) is 5.96 Å². The van der Waals surface area contributed by atoms with E-state index in [4.69, 9.17) is 4.74 Å². The smallest absolute Gasteiger partial charge is 0.190 e. The number of nitrogens with zero attached hydrogens (tertiary/aromatic N) is 2. The van der Waals surface area contributed by atoms with Crippen molar-refractivity contribution < 1.29 is 4.74 Å². The maximum absolute atomic E-state index is 5.23. The van der Waals surface area contributed by atoms with Gasteiger partial charge in [-0.15, -0.1) is 0 Å². The predicted octanol–water partition coefficient (Wildman–Crippen LogP) is 2.48. The average molecular weight is 345 g/mol. The van der Waals surface area contributed by atoms with E-state index in [9.17, 15) is 0 Å². The molecule has 3 rings (SSSR count). The molecule has 2 N–H and O–H groups in total. The number of guanidine groups is 1. The minimum atomic E-state index is 0.742. The lowest BCUT2D eigenvalue weighted by atomic mass is 9.96. The third kappa shape index (κ3) is 5.92. The van der Waals surface area contributed by atoms with Crippen molar-refractivity contribution in [2.75, 3.05) is 40.3 Å². The number of methoxy groups -OCH3 is 1. The molecule has 1 saturated carbocycles. The van der Waals surface area contributed by atoms with Gasteiger partial charge in [0.1, 0.15) is 5.75 Å². The zero-order valence-electron chi connectivity index (χ0n) is 15.6. The highest BCUT2D eigenvalue weighted by Crippen LogP contribution is 2.27. The topological polar surface area (TPSA) is 48.9 Å². The van der Waals surface area contributed by atoms with Gasteiger partial charge in [-0.3, -0.25) is 9.89 Å². The summed E-state index contributed by atoms with van der Waals surface area (Å²) >= 11 is 0. The Bertz CT molecular complexity index is 545. The highest BCUT2D eigenvalue weighted by Gasteiger charge is 2.22. The van der Waals surface area contributed by atoms with E-state index in [-0.39, 0.29) is 0 Å². The highest BCUT2D eigenvalue weighted by molar-refractivity contribution is 5.79. The minimum Gasteiger partial charge on any atom is -0.497 e. The van der Waals surface area contributed by atoms with E-state index in [2.05, 4.69) is 32.7 Å². The van der Waals surface area contributed by atoms with Gasteiger partial charge in [0.2, 0.25) is 0 Å². The zero-order chi connectivity index (χ0) is 17.5. The molecule has 1 aromatic rings. The Morgan fingerprint density at radius 1 is 1.04 bits per heavy atom. The van der Waals surface area contributed by atoms with Crippen LogP contribution in [0.15, 0.2) is 29.3 Å². The number of piperidine rings is 1. The van der Waals surface area contributed by atoms with Crippen LogP contribution in [-0.2, 0) is 6.54 Å². The molecule has 0 unspecified atom stereocenters. The molecular weight excluding hydrogens is 312 g/mol. The lowest BCUT2D eigenvalue weighted by Crippen LogP contribution is -2.43. The Morgan fingerprint density at radius 3 is 2.16 bits per heavy atom. The van der Waals surface area contributed by atoms with Crippen LogP contribution in [0, 0.1) is 11.8 Å². The molecule has 1 saturated heterocycles. The van der Waals surface area contributed by atoms with Gasteiger partial charge in [0.25, 0.3) is 0 Å². The molecule has 0 atom stereocenters. The Morgan fingerprint density at radius 2 is 1.64 bits per heavy atom. The molecular formula is C20H32N4O. The first kappa shape index (κ1) is 18.1. The van der Waals surface area contributed by atoms with Gasteiger partial charge in [-0.25, -0.2) is 0 Å². The van der Waals surface area contributed by atoms with Crippen molar-refractivity contribution in [3.8, 4) is 5.75 Å². The number of hydrogen-bond acceptors (Lipinski definition) is 3. The Hall–Kier alpha value is -1.75. The second-order valence-corrected chi connectivity index (χ2v) is 7.34. The van der Waals surface area contributed by atoms with Crippen molar-refractivity contribution in [3.05, 3.63) is 29.8 Å². The van der Waals surface area contributed by atoms with E-state index in [1.54, 1.807) is 7.11 Å². The second kappa shape index (κ2) is 9.09. The molecule has 5 heteroatoms. The number of rotatable bonds is 7. The van der Waals surface area contributed by atoms with Crippen molar-refractivity contribution in [3.63, 3.8) is 0 Å². The van der Waals surface area contributed by atoms with Crippen molar-refractivity contribution in [2.45, 2.75) is 32.2 Å². The first-order valence-electron chi connectivity index (χ1n) is 9.56. The summed E-state index contributed by atoms with van der Waals surface area (Å²) in [5.74, 6) is 3.51. The number of aliphatic imine (C=N–C) groups is 1. The lowest BCUT2D eigenvalue weighted by molar-refractivity contribution is 0.178. The maximum atomic E-state index is 5.23. The van der Waals surface area contributed by atoms with E-state index in [0.29, 0.717) is 0 Å². The second-order valence-electron chi connectivity index (χ2n) is 7.34. The lowest BCUT2D eigenvalue weighted by Gasteiger charge is -2.32. The Kier molecular flexibility index (Phi) is 6.56. The molecule has 1 aliphatic heterocycles. The number of ether oxygens (including phenoxy) is 1. The summed E-state index contributed by atoms with van der Waals surface area (Å²) in [5.41, 5.74) is 1.36. The van der Waals surface area contributed by atoms with E-state index in [1.165, 1.54) is 44.3 Å². The number of likely N-dealkylation sites (tertiary alicyclic amines) is 1. The van der Waals surface area contributed by atoms with Gasteiger partial charge in [-0.2, -0.15) is 0 Å². The summed E-state index contributed by atoms with van der Waals surface area (Å²) in [5, 5.41) is 6.95. The van der Waals surface area contributed by atoms with Gasteiger partial charge < -0.3 is 15.4 Å². The van der Waals surface area contributed by atoms with Crippen molar-refractivity contribution in [2.24, 2.45) is 16.8 Å². The summed E-state index contributed by atoms with van der Waals surface area (Å²) in [6.45, 7) is 5.48. The fraction of sp³-hybridized carbons (Fsp3) is 0.650. The first-order valence-corrected chi connectivity index (χ1v) is 9.56. The SMILES string of the molecule is CN=C(NCC1CC1)NCC1CCN(Cc2ccc(OC)cc2)CC1. The summed E-state index contributed by atoms with van der Waals surface area (Å²) in [6.07, 6.45) is 5.25. The molecule has 0 amide bonds. The minimum absolute atomic E-state index is 0.742. The number of nitrogens with one attached hydrogen (secondary N) is 2. The van der Waals surface area contributed by atoms with Crippen LogP contribution in [0.5, 0.6) is 5.75 Å². The van der Waals surface area contributed by atoms with Crippen molar-refractivity contribution >= 4 is 5.96 Å². The third-order valence-corrected chi connectivity index (χ3v) is 5.31. The molecule has 0 spiro atoms. The van der Waals surface area contributed by atoms with E-state index in [1.807, 2.05) is 19.2 Å². The van der Waals surface area contributed by atoms with E-state index < -0.39 is 0 Å². The van der Waals surface area contributed by atoms with Crippen LogP contribution in [0.2, 0.25) is 0 Å². The van der Waals surface area contributed by atoms with Crippen LogP contribution >= 0.6 is 0 Å². The zero-order valence-corrected chi connectivity index (χ0v) is 15.6. The van der Waals surface area contributed by atoms with Crippen LogP contribution in [0.4, 0.5) is 0 Å². The van der Waals surface area contributed by atoms with Crippen LogP contribution in [-0.4, -0.2) is 51.2 Å². The summed E-state index contributed by atoms with van der Waals surface area (Å²) in [7, 11) is 3.57. The van der Waals surface area contributed by atoms with Gasteiger partial charge >= 0.3 is 0 Å². The third-order valence-electron chi connectivity index (χ3n) is 5.31. The van der Waals surface area contributed by atoms with Crippen molar-refractivity contribution in [1.82, 2.24) is 15.5 Å². The summed E-state index contributed by atoms with van der Waals surface area (Å²) in [4.78, 5) is 6.88. The number of hydrogen-bond donors (Lipinski definition) is 2. The molecule has 1 aromatic carbocycles. The average Bonchev–Trinajstić information content (AvgIpc) is 3.48. The fourth-order valence-electron chi connectivity index (χ4n) is 3.36. The molecule has 138 valence electrons. The highest BCUT2D eigenvalue weighted by atomic mass is 16.5. The van der Waals surface area contributed by atoms with Crippen LogP contribution in [0.1, 0.15) is 31.2 Å². The van der Waals surface area contributed by atoms with Crippen LogP contribution in [0.25, 0.3) is 0 Å². The largest absolute Gasteiger partial charge is 0.497 e. The van der Waals surface area contributed by atoms with Crippen molar-refractivity contribution in [1.29, 1.82) is 0 Å². The molecule has 25 heavy (non-hydrogen) atoms. The normalized spacial score (nSPS) is 19.7. The molecule has 1 aliphatic carbocycles. The Balaban J connectivity index is 1.34. The quantitative estimate of drug-likeness (QED) is 0.589. The number of benzene rings is 1. The maximum Gasteiger partial charge on any atom is 0.190 e. The molecule has 2 fully saturated rings. The molecule has 5 nitrogen and oxygen atoms in total. The first-order chi connectivity index (χ1) is 12.3. The van der Waals surface area contributed by atoms with Crippen LogP contribution < -0.4 is 15.4 Å². The monoisotopic (exact) mass is 344 g/mol. The van der Waals surface area contributed by atoms with Gasteiger partial charge in [-0.1, -0.05) is 12.1 Å². The van der Waals surface area contributed by atoms with Gasteiger partial charge in [0.05, 0.1) is 7.11 Å². The van der Waals surface area contributed by atoms with E-state index in [0.717, 1.165) is 43.2 Å². The fourth-order valence-corrected chi connectivity index (χ4v) is 3.36. The molecule has 0 bridgehead atoms. The Labute approximate surface area is 151 Å². The van der Waals surface area contributed by atoms with E-state index >= 15 is 0 Å². The molecule has 0 radical (unpaired) electrons. The van der Waals surface area contributed by atoms with Crippen LogP contribution in [0.3, 0.4) is 0 Å². The standard InChI is InChI=1S/C20H32N4O/c1-21-20(22-13-16-3-4-16)23-14-17-9-11-24(12-10-17)15-18-5-7-19(25-2)8-6-18/h5-8,16-17H,3-4,9-15H2,1-2H3,(H2,21,22,23). The van der Waals surface area contributed by atoms with Gasteiger partial charge in [0, 0.05) is 26.7 Å². The molecule has 1 heterocycles.